The second kappa shape index (κ2) is 21.9. The number of rotatable bonds is 20. The van der Waals surface area contributed by atoms with Crippen molar-refractivity contribution in [1.82, 2.24) is 5.32 Å². The molecule has 0 aromatic rings. The zero-order chi connectivity index (χ0) is 20.7. The molecule has 0 atom stereocenters. The SMILES string of the molecule is CCCCCCCC/C=C\CCCCCCCC(=O)NCC(=O)OCCCN. The highest BCUT2D eigenvalue weighted by Gasteiger charge is 2.06. The van der Waals surface area contributed by atoms with Crippen molar-refractivity contribution < 1.29 is 14.3 Å². The average molecular weight is 397 g/mol. The minimum atomic E-state index is -0.397. The van der Waals surface area contributed by atoms with Crippen LogP contribution in [0.4, 0.5) is 0 Å². The van der Waals surface area contributed by atoms with E-state index in [2.05, 4.69) is 24.4 Å². The van der Waals surface area contributed by atoms with Gasteiger partial charge >= 0.3 is 5.97 Å². The Morgan fingerprint density at radius 1 is 0.821 bits per heavy atom. The molecule has 0 bridgehead atoms. The number of carbonyl (C=O) groups is 2. The van der Waals surface area contributed by atoms with Crippen LogP contribution in [0.5, 0.6) is 0 Å². The first-order valence-electron chi connectivity index (χ1n) is 11.5. The molecule has 0 spiro atoms. The van der Waals surface area contributed by atoms with Crippen molar-refractivity contribution in [2.45, 2.75) is 103 Å². The molecule has 0 heterocycles. The Bertz CT molecular complexity index is 397. The monoisotopic (exact) mass is 396 g/mol. The van der Waals surface area contributed by atoms with E-state index in [-0.39, 0.29) is 12.5 Å². The fourth-order valence-corrected chi connectivity index (χ4v) is 2.94. The molecule has 0 rings (SSSR count). The van der Waals surface area contributed by atoms with Crippen LogP contribution in [0.25, 0.3) is 0 Å². The van der Waals surface area contributed by atoms with Gasteiger partial charge in [-0.3, -0.25) is 9.59 Å². The van der Waals surface area contributed by atoms with Gasteiger partial charge in [-0.1, -0.05) is 70.4 Å². The molecule has 0 unspecified atom stereocenters. The molecule has 0 saturated heterocycles. The number of hydrogen-bond acceptors (Lipinski definition) is 4. The predicted molar refractivity (Wildman–Crippen MR) is 117 cm³/mol. The van der Waals surface area contributed by atoms with E-state index in [1.54, 1.807) is 0 Å². The van der Waals surface area contributed by atoms with Crippen molar-refractivity contribution in [1.29, 1.82) is 0 Å². The van der Waals surface area contributed by atoms with Crippen molar-refractivity contribution in [2.75, 3.05) is 19.7 Å². The number of carbonyl (C=O) groups excluding carboxylic acids is 2. The number of nitrogens with two attached hydrogens (primary N) is 1. The lowest BCUT2D eigenvalue weighted by atomic mass is 10.1. The van der Waals surface area contributed by atoms with E-state index in [1.807, 2.05) is 0 Å². The molecule has 0 radical (unpaired) electrons. The summed E-state index contributed by atoms with van der Waals surface area (Å²) in [5, 5.41) is 2.61. The van der Waals surface area contributed by atoms with E-state index in [1.165, 1.54) is 70.6 Å². The Balaban J connectivity index is 3.30. The Labute approximate surface area is 172 Å². The number of esters is 1. The molecule has 0 aliphatic heterocycles. The third-order valence-corrected chi connectivity index (χ3v) is 4.71. The lowest BCUT2D eigenvalue weighted by molar-refractivity contribution is -0.144. The summed E-state index contributed by atoms with van der Waals surface area (Å²) in [5.41, 5.74) is 5.32. The Morgan fingerprint density at radius 2 is 1.39 bits per heavy atom. The van der Waals surface area contributed by atoms with Crippen molar-refractivity contribution >= 4 is 11.9 Å². The zero-order valence-electron chi connectivity index (χ0n) is 18.2. The third kappa shape index (κ3) is 20.9. The quantitative estimate of drug-likeness (QED) is 0.172. The lowest BCUT2D eigenvalue weighted by Crippen LogP contribution is -2.30. The zero-order valence-corrected chi connectivity index (χ0v) is 18.2. The lowest BCUT2D eigenvalue weighted by Gasteiger charge is -2.06. The topological polar surface area (TPSA) is 81.4 Å². The van der Waals surface area contributed by atoms with Gasteiger partial charge in [0.15, 0.2) is 0 Å². The summed E-state index contributed by atoms with van der Waals surface area (Å²) in [7, 11) is 0. The smallest absolute Gasteiger partial charge is 0.325 e. The molecule has 28 heavy (non-hydrogen) atoms. The van der Waals surface area contributed by atoms with Crippen LogP contribution >= 0.6 is 0 Å². The number of ether oxygens (including phenoxy) is 1. The van der Waals surface area contributed by atoms with E-state index < -0.39 is 5.97 Å². The molecule has 0 aromatic heterocycles. The van der Waals surface area contributed by atoms with E-state index in [0.29, 0.717) is 26.0 Å². The first kappa shape index (κ1) is 26.6. The summed E-state index contributed by atoms with van der Waals surface area (Å²) in [6.07, 6.45) is 21.9. The van der Waals surface area contributed by atoms with Crippen LogP contribution in [-0.4, -0.2) is 31.6 Å². The van der Waals surface area contributed by atoms with E-state index in [9.17, 15) is 9.59 Å². The minimum absolute atomic E-state index is 0.0471. The number of amides is 1. The normalized spacial score (nSPS) is 11.1. The van der Waals surface area contributed by atoms with Crippen molar-refractivity contribution in [2.24, 2.45) is 5.73 Å². The van der Waals surface area contributed by atoms with E-state index in [0.717, 1.165) is 12.8 Å². The Morgan fingerprint density at radius 3 is 2.00 bits per heavy atom. The van der Waals surface area contributed by atoms with Crippen molar-refractivity contribution in [3.05, 3.63) is 12.2 Å². The van der Waals surface area contributed by atoms with E-state index >= 15 is 0 Å². The molecule has 0 aromatic carbocycles. The molecule has 0 aliphatic carbocycles. The van der Waals surface area contributed by atoms with Crippen LogP contribution in [0, 0.1) is 0 Å². The van der Waals surface area contributed by atoms with Gasteiger partial charge < -0.3 is 15.8 Å². The molecule has 1 amide bonds. The summed E-state index contributed by atoms with van der Waals surface area (Å²) in [6, 6.07) is 0. The molecular formula is C23H44N2O3. The second-order valence-electron chi connectivity index (χ2n) is 7.47. The van der Waals surface area contributed by atoms with Crippen LogP contribution < -0.4 is 11.1 Å². The summed E-state index contributed by atoms with van der Waals surface area (Å²) < 4.78 is 4.92. The largest absolute Gasteiger partial charge is 0.464 e. The number of hydrogen-bond donors (Lipinski definition) is 2. The highest BCUT2D eigenvalue weighted by molar-refractivity contribution is 5.81. The number of nitrogens with one attached hydrogen (secondary N) is 1. The highest BCUT2D eigenvalue weighted by Crippen LogP contribution is 2.09. The first-order valence-corrected chi connectivity index (χ1v) is 11.5. The summed E-state index contributed by atoms with van der Waals surface area (Å²) >= 11 is 0. The van der Waals surface area contributed by atoms with Crippen LogP contribution in [0.3, 0.4) is 0 Å². The standard InChI is InChI=1S/C23H44N2O3/c1-2-3-4-5-6-7-8-9-10-11-12-13-14-15-16-18-22(26)25-21-23(27)28-20-17-19-24/h9-10H,2-8,11-21,24H2,1H3,(H,25,26)/b10-9-. The van der Waals surface area contributed by atoms with Gasteiger partial charge in [-0.05, 0) is 45.1 Å². The highest BCUT2D eigenvalue weighted by atomic mass is 16.5. The Kier molecular flexibility index (Phi) is 20.9. The average Bonchev–Trinajstić information content (AvgIpc) is 2.69. The maximum absolute atomic E-state index is 11.7. The van der Waals surface area contributed by atoms with Gasteiger partial charge in [0.25, 0.3) is 0 Å². The number of allylic oxidation sites excluding steroid dienone is 2. The molecule has 3 N–H and O–H groups in total. The summed E-state index contributed by atoms with van der Waals surface area (Å²) in [5.74, 6) is -0.472. The van der Waals surface area contributed by atoms with Gasteiger partial charge in [0, 0.05) is 6.42 Å². The maximum Gasteiger partial charge on any atom is 0.325 e. The molecular weight excluding hydrogens is 352 g/mol. The molecule has 0 aliphatic rings. The van der Waals surface area contributed by atoms with Crippen LogP contribution in [0.2, 0.25) is 0 Å². The van der Waals surface area contributed by atoms with Crippen LogP contribution in [0.15, 0.2) is 12.2 Å². The molecule has 0 fully saturated rings. The van der Waals surface area contributed by atoms with E-state index in [4.69, 9.17) is 10.5 Å². The maximum atomic E-state index is 11.7. The Hall–Kier alpha value is -1.36. The predicted octanol–water partition coefficient (Wildman–Crippen LogP) is 5.03. The van der Waals surface area contributed by atoms with Gasteiger partial charge in [-0.2, -0.15) is 0 Å². The molecule has 164 valence electrons. The first-order chi connectivity index (χ1) is 13.7. The van der Waals surface area contributed by atoms with Gasteiger partial charge in [-0.25, -0.2) is 0 Å². The van der Waals surface area contributed by atoms with Crippen molar-refractivity contribution in [3.8, 4) is 0 Å². The van der Waals surface area contributed by atoms with Gasteiger partial charge in [-0.15, -0.1) is 0 Å². The second-order valence-corrected chi connectivity index (χ2v) is 7.47. The fourth-order valence-electron chi connectivity index (χ4n) is 2.94. The van der Waals surface area contributed by atoms with Crippen molar-refractivity contribution in [3.63, 3.8) is 0 Å². The molecule has 5 heteroatoms. The molecule has 0 saturated carbocycles. The van der Waals surface area contributed by atoms with Crippen LogP contribution in [-0.2, 0) is 14.3 Å². The number of unbranched alkanes of at least 4 members (excludes halogenated alkanes) is 11. The van der Waals surface area contributed by atoms with Gasteiger partial charge in [0.2, 0.25) is 5.91 Å². The minimum Gasteiger partial charge on any atom is -0.464 e. The molecule has 5 nitrogen and oxygen atoms in total. The van der Waals surface area contributed by atoms with Gasteiger partial charge in [0.05, 0.1) is 6.61 Å². The fraction of sp³-hybridized carbons (Fsp3) is 0.826. The third-order valence-electron chi connectivity index (χ3n) is 4.71. The summed E-state index contributed by atoms with van der Waals surface area (Å²) in [6.45, 7) is 3.02. The van der Waals surface area contributed by atoms with Gasteiger partial charge in [0.1, 0.15) is 6.54 Å². The summed E-state index contributed by atoms with van der Waals surface area (Å²) in [4.78, 5) is 23.0. The van der Waals surface area contributed by atoms with Crippen LogP contribution in [0.1, 0.15) is 103 Å².